The van der Waals surface area contributed by atoms with Crippen LogP contribution in [0.25, 0.3) is 0 Å². The van der Waals surface area contributed by atoms with Crippen LogP contribution in [0.5, 0.6) is 5.75 Å². The molecule has 2 atom stereocenters. The molecule has 2 unspecified atom stereocenters. The van der Waals surface area contributed by atoms with Gasteiger partial charge in [-0.15, -0.1) is 0 Å². The van der Waals surface area contributed by atoms with Crippen LogP contribution in [0.3, 0.4) is 0 Å². The van der Waals surface area contributed by atoms with Crippen LogP contribution < -0.4 is 10.1 Å². The molecule has 4 rings (SSSR count). The van der Waals surface area contributed by atoms with E-state index in [-0.39, 0.29) is 5.54 Å². The first kappa shape index (κ1) is 10.2. The van der Waals surface area contributed by atoms with Crippen molar-refractivity contribution in [3.05, 3.63) is 29.8 Å². The molecule has 1 aromatic carbocycles. The van der Waals surface area contributed by atoms with Crippen molar-refractivity contribution in [2.24, 2.45) is 0 Å². The number of methoxy groups -OCH3 is 1. The third-order valence-electron chi connectivity index (χ3n) is 4.12. The van der Waals surface area contributed by atoms with Crippen molar-refractivity contribution < 1.29 is 4.74 Å². The fourth-order valence-electron chi connectivity index (χ4n) is 3.21. The lowest BCUT2D eigenvalue weighted by Gasteiger charge is -2.48. The van der Waals surface area contributed by atoms with Gasteiger partial charge in [-0.05, 0) is 37.0 Å². The van der Waals surface area contributed by atoms with Crippen molar-refractivity contribution in [1.82, 2.24) is 5.32 Å². The van der Waals surface area contributed by atoms with E-state index in [9.17, 15) is 0 Å². The Labute approximate surface area is 97.0 Å². The maximum atomic E-state index is 5.21. The van der Waals surface area contributed by atoms with Gasteiger partial charge in [-0.1, -0.05) is 25.0 Å². The van der Waals surface area contributed by atoms with E-state index in [4.69, 9.17) is 4.74 Å². The molecular formula is C14H19NO. The maximum Gasteiger partial charge on any atom is 0.118 e. The zero-order valence-corrected chi connectivity index (χ0v) is 9.83. The molecule has 2 heterocycles. The summed E-state index contributed by atoms with van der Waals surface area (Å²) in [5.41, 5.74) is 1.72. The molecule has 86 valence electrons. The van der Waals surface area contributed by atoms with Crippen molar-refractivity contribution in [2.45, 2.75) is 43.7 Å². The van der Waals surface area contributed by atoms with Crippen molar-refractivity contribution in [1.29, 1.82) is 0 Å². The van der Waals surface area contributed by atoms with Gasteiger partial charge < -0.3 is 10.1 Å². The third kappa shape index (κ3) is 1.52. The van der Waals surface area contributed by atoms with Gasteiger partial charge in [0.05, 0.1) is 7.11 Å². The highest BCUT2D eigenvalue weighted by atomic mass is 16.5. The van der Waals surface area contributed by atoms with Crippen LogP contribution in [0.4, 0.5) is 0 Å². The van der Waals surface area contributed by atoms with Crippen LogP contribution in [0, 0.1) is 0 Å². The number of hydrogen-bond donors (Lipinski definition) is 1. The largest absolute Gasteiger partial charge is 0.497 e. The van der Waals surface area contributed by atoms with Crippen LogP contribution in [0.1, 0.15) is 37.7 Å². The van der Waals surface area contributed by atoms with Crippen molar-refractivity contribution >= 4 is 0 Å². The van der Waals surface area contributed by atoms with Crippen LogP contribution in [0.15, 0.2) is 24.3 Å². The van der Waals surface area contributed by atoms with Crippen molar-refractivity contribution in [3.8, 4) is 5.75 Å². The van der Waals surface area contributed by atoms with Gasteiger partial charge in [0.15, 0.2) is 0 Å². The fraction of sp³-hybridized carbons (Fsp3) is 0.571. The lowest BCUT2D eigenvalue weighted by molar-refractivity contribution is 0.138. The Morgan fingerprint density at radius 2 is 2.00 bits per heavy atom. The summed E-state index contributed by atoms with van der Waals surface area (Å²) >= 11 is 0. The van der Waals surface area contributed by atoms with E-state index in [0.29, 0.717) is 0 Å². The molecule has 3 fully saturated rings. The molecule has 1 N–H and O–H groups in total. The standard InChI is InChI=1S/C14H19NO/c1-16-13-7-5-11(6-8-13)14-9-3-2-4-12(10-14)15-14/h5-8,12,15H,2-4,9-10H2,1H3. The Morgan fingerprint density at radius 1 is 1.25 bits per heavy atom. The minimum atomic E-state index is 0.285. The molecule has 2 nitrogen and oxygen atoms in total. The number of ether oxygens (including phenoxy) is 1. The average molecular weight is 217 g/mol. The molecule has 0 spiro atoms. The van der Waals surface area contributed by atoms with Crippen molar-refractivity contribution in [2.75, 3.05) is 7.11 Å². The topological polar surface area (TPSA) is 21.3 Å². The van der Waals surface area contributed by atoms with E-state index in [1.54, 1.807) is 7.11 Å². The quantitative estimate of drug-likeness (QED) is 0.822. The molecule has 2 aliphatic heterocycles. The van der Waals surface area contributed by atoms with Gasteiger partial charge in [0, 0.05) is 11.6 Å². The van der Waals surface area contributed by atoms with Gasteiger partial charge in [-0.25, -0.2) is 0 Å². The maximum absolute atomic E-state index is 5.21. The summed E-state index contributed by atoms with van der Waals surface area (Å²) in [6, 6.07) is 9.35. The summed E-state index contributed by atoms with van der Waals surface area (Å²) in [5.74, 6) is 0.949. The van der Waals surface area contributed by atoms with Gasteiger partial charge in [0.2, 0.25) is 0 Å². The minimum Gasteiger partial charge on any atom is -0.497 e. The van der Waals surface area contributed by atoms with Gasteiger partial charge in [0.25, 0.3) is 0 Å². The van der Waals surface area contributed by atoms with E-state index >= 15 is 0 Å². The molecule has 2 bridgehead atoms. The second kappa shape index (κ2) is 3.77. The molecule has 2 heteroatoms. The summed E-state index contributed by atoms with van der Waals surface area (Å²) in [6.07, 6.45) is 6.71. The van der Waals surface area contributed by atoms with Gasteiger partial charge >= 0.3 is 0 Å². The van der Waals surface area contributed by atoms with Crippen LogP contribution in [-0.2, 0) is 5.54 Å². The normalized spacial score (nSPS) is 32.7. The summed E-state index contributed by atoms with van der Waals surface area (Å²) < 4.78 is 5.21. The number of fused-ring (bicyclic) bond motifs is 3. The van der Waals surface area contributed by atoms with Crippen LogP contribution in [0.2, 0.25) is 0 Å². The second-order valence-electron chi connectivity index (χ2n) is 5.10. The molecular weight excluding hydrogens is 198 g/mol. The smallest absolute Gasteiger partial charge is 0.118 e. The molecule has 0 radical (unpaired) electrons. The van der Waals surface area contributed by atoms with Crippen LogP contribution >= 0.6 is 0 Å². The first-order valence-corrected chi connectivity index (χ1v) is 6.25. The highest BCUT2D eigenvalue weighted by Gasteiger charge is 2.45. The Bertz CT molecular complexity index is 359. The second-order valence-corrected chi connectivity index (χ2v) is 5.10. The van der Waals surface area contributed by atoms with E-state index in [0.717, 1.165) is 11.8 Å². The lowest BCUT2D eigenvalue weighted by atomic mass is 9.75. The van der Waals surface area contributed by atoms with Gasteiger partial charge in [0.1, 0.15) is 5.75 Å². The van der Waals surface area contributed by atoms with E-state index in [1.165, 1.54) is 37.7 Å². The summed E-state index contributed by atoms with van der Waals surface area (Å²) in [6.45, 7) is 0. The monoisotopic (exact) mass is 217 g/mol. The van der Waals surface area contributed by atoms with Crippen molar-refractivity contribution in [3.63, 3.8) is 0 Å². The van der Waals surface area contributed by atoms with Gasteiger partial charge in [-0.2, -0.15) is 0 Å². The predicted octanol–water partition coefficient (Wildman–Crippen LogP) is 2.83. The molecule has 3 aliphatic rings. The molecule has 2 saturated heterocycles. The zero-order valence-electron chi connectivity index (χ0n) is 9.83. The molecule has 1 aliphatic carbocycles. The van der Waals surface area contributed by atoms with E-state index < -0.39 is 0 Å². The first-order chi connectivity index (χ1) is 7.82. The molecule has 1 saturated carbocycles. The average Bonchev–Trinajstić information content (AvgIpc) is 2.62. The third-order valence-corrected chi connectivity index (χ3v) is 4.12. The Kier molecular flexibility index (Phi) is 2.40. The fourth-order valence-corrected chi connectivity index (χ4v) is 3.21. The SMILES string of the molecule is COc1ccc(C23CCCCC(C2)N3)cc1. The Hall–Kier alpha value is -1.02. The first-order valence-electron chi connectivity index (χ1n) is 6.25. The number of nitrogens with one attached hydrogen (secondary N) is 1. The van der Waals surface area contributed by atoms with E-state index in [1.807, 2.05) is 0 Å². The molecule has 16 heavy (non-hydrogen) atoms. The summed E-state index contributed by atoms with van der Waals surface area (Å²) in [5, 5.41) is 3.77. The summed E-state index contributed by atoms with van der Waals surface area (Å²) in [4.78, 5) is 0. The summed E-state index contributed by atoms with van der Waals surface area (Å²) in [7, 11) is 1.72. The minimum absolute atomic E-state index is 0.285. The van der Waals surface area contributed by atoms with Gasteiger partial charge in [-0.3, -0.25) is 0 Å². The molecule has 0 aromatic heterocycles. The highest BCUT2D eigenvalue weighted by molar-refractivity contribution is 5.34. The number of benzene rings is 1. The van der Waals surface area contributed by atoms with Crippen LogP contribution in [-0.4, -0.2) is 13.2 Å². The Balaban J connectivity index is 1.85. The Morgan fingerprint density at radius 3 is 2.69 bits per heavy atom. The lowest BCUT2D eigenvalue weighted by Crippen LogP contribution is -2.59. The highest BCUT2D eigenvalue weighted by Crippen LogP contribution is 2.44. The zero-order chi connectivity index (χ0) is 11.0. The van der Waals surface area contributed by atoms with E-state index in [2.05, 4.69) is 29.6 Å². The number of hydrogen-bond acceptors (Lipinski definition) is 2. The predicted molar refractivity (Wildman–Crippen MR) is 64.7 cm³/mol. The molecule has 0 amide bonds. The number of rotatable bonds is 2. The molecule has 1 aromatic rings.